The predicted molar refractivity (Wildman–Crippen MR) is 103 cm³/mol. The molecule has 7 heteroatoms. The predicted octanol–water partition coefficient (Wildman–Crippen LogP) is 2.03. The van der Waals surface area contributed by atoms with E-state index in [9.17, 15) is 9.59 Å². The monoisotopic (exact) mass is 368 g/mol. The molecular formula is C20H24N4O3. The zero-order valence-electron chi connectivity index (χ0n) is 15.6. The number of aryl methyl sites for hydroxylation is 1. The summed E-state index contributed by atoms with van der Waals surface area (Å²) in [5, 5.41) is 1.14. The quantitative estimate of drug-likeness (QED) is 0.829. The van der Waals surface area contributed by atoms with Crippen molar-refractivity contribution in [2.45, 2.75) is 13.3 Å². The summed E-state index contributed by atoms with van der Waals surface area (Å²) in [6.07, 6.45) is 0.504. The van der Waals surface area contributed by atoms with Crippen molar-refractivity contribution in [3.63, 3.8) is 0 Å². The summed E-state index contributed by atoms with van der Waals surface area (Å²) in [5.41, 5.74) is 3.17. The number of fused-ring (bicyclic) bond motifs is 1. The van der Waals surface area contributed by atoms with E-state index in [1.807, 2.05) is 30.0 Å². The Labute approximate surface area is 158 Å². The first-order valence-corrected chi connectivity index (χ1v) is 9.42. The summed E-state index contributed by atoms with van der Waals surface area (Å²) in [4.78, 5) is 34.5. The minimum absolute atomic E-state index is 0.00790. The van der Waals surface area contributed by atoms with Gasteiger partial charge in [-0.1, -0.05) is 18.2 Å². The summed E-state index contributed by atoms with van der Waals surface area (Å²) in [7, 11) is 0. The highest BCUT2D eigenvalue weighted by molar-refractivity contribution is 5.92. The number of ether oxygens (including phenoxy) is 1. The van der Waals surface area contributed by atoms with Gasteiger partial charge in [-0.15, -0.1) is 0 Å². The Morgan fingerprint density at radius 1 is 1.15 bits per heavy atom. The molecule has 2 aromatic rings. The van der Waals surface area contributed by atoms with Crippen molar-refractivity contribution < 1.29 is 14.3 Å². The topological polar surface area (TPSA) is 66.0 Å². The van der Waals surface area contributed by atoms with Crippen LogP contribution < -0.4 is 4.90 Å². The minimum atomic E-state index is -0.390. The molecule has 0 spiro atoms. The van der Waals surface area contributed by atoms with E-state index in [2.05, 4.69) is 22.0 Å². The Kier molecular flexibility index (Phi) is 4.83. The van der Waals surface area contributed by atoms with E-state index in [4.69, 9.17) is 4.74 Å². The number of carbonyl (C=O) groups is 2. The summed E-state index contributed by atoms with van der Waals surface area (Å²) < 4.78 is 4.91. The Balaban J connectivity index is 1.47. The van der Waals surface area contributed by atoms with Gasteiger partial charge in [-0.2, -0.15) is 0 Å². The Morgan fingerprint density at radius 2 is 2.00 bits per heavy atom. The molecule has 4 rings (SSSR count). The van der Waals surface area contributed by atoms with Crippen molar-refractivity contribution in [3.05, 3.63) is 36.0 Å². The zero-order chi connectivity index (χ0) is 18.8. The number of para-hydroxylation sites is 1. The average molecular weight is 368 g/mol. The van der Waals surface area contributed by atoms with Crippen LogP contribution in [0.1, 0.15) is 12.1 Å². The molecule has 3 heterocycles. The largest absolute Gasteiger partial charge is 0.448 e. The van der Waals surface area contributed by atoms with Gasteiger partial charge in [0.15, 0.2) is 0 Å². The number of carbonyl (C=O) groups excluding carboxylic acids is 2. The van der Waals surface area contributed by atoms with Gasteiger partial charge in [0.2, 0.25) is 5.91 Å². The summed E-state index contributed by atoms with van der Waals surface area (Å²) in [6.45, 7) is 6.00. The van der Waals surface area contributed by atoms with Crippen LogP contribution in [0, 0.1) is 6.92 Å². The van der Waals surface area contributed by atoms with E-state index in [0.29, 0.717) is 26.2 Å². The van der Waals surface area contributed by atoms with Crippen LogP contribution in [-0.4, -0.2) is 72.7 Å². The van der Waals surface area contributed by atoms with E-state index in [1.54, 1.807) is 0 Å². The van der Waals surface area contributed by atoms with Gasteiger partial charge in [-0.3, -0.25) is 14.7 Å². The molecule has 7 nitrogen and oxygen atoms in total. The van der Waals surface area contributed by atoms with Crippen LogP contribution in [0.2, 0.25) is 0 Å². The lowest BCUT2D eigenvalue weighted by atomic mass is 10.1. The maximum Gasteiger partial charge on any atom is 0.410 e. The number of amides is 2. The Hall–Kier alpha value is -2.83. The fraction of sp³-hybridized carbons (Fsp3) is 0.450. The fourth-order valence-electron chi connectivity index (χ4n) is 3.79. The number of hydrogen-bond acceptors (Lipinski definition) is 5. The molecule has 2 fully saturated rings. The number of rotatable bonds is 3. The number of cyclic esters (lactones) is 1. The first kappa shape index (κ1) is 17.6. The normalized spacial score (nSPS) is 18.0. The van der Waals surface area contributed by atoms with Gasteiger partial charge in [-0.05, 0) is 25.5 Å². The molecule has 0 aliphatic carbocycles. The highest BCUT2D eigenvalue weighted by Gasteiger charge is 2.27. The Bertz CT molecular complexity index is 869. The van der Waals surface area contributed by atoms with Crippen molar-refractivity contribution in [1.82, 2.24) is 14.8 Å². The van der Waals surface area contributed by atoms with Crippen LogP contribution in [-0.2, 0) is 9.53 Å². The van der Waals surface area contributed by atoms with Crippen LogP contribution in [0.15, 0.2) is 30.3 Å². The molecule has 0 unspecified atom stereocenters. The molecule has 0 saturated carbocycles. The standard InChI is InChI=1S/C20H24N4O3/c1-15-13-18(16-5-2-3-6-17(16)21-15)22-7-4-8-23(10-9-22)19(25)14-24-11-12-27-20(24)26/h2-3,5-6,13H,4,7-12,14H2,1H3. The molecule has 0 radical (unpaired) electrons. The van der Waals surface area contributed by atoms with Crippen LogP contribution in [0.5, 0.6) is 0 Å². The average Bonchev–Trinajstić information content (AvgIpc) is 2.92. The maximum absolute atomic E-state index is 12.6. The van der Waals surface area contributed by atoms with Crippen LogP contribution in [0.3, 0.4) is 0 Å². The van der Waals surface area contributed by atoms with E-state index >= 15 is 0 Å². The molecule has 2 aliphatic rings. The molecule has 2 aliphatic heterocycles. The SMILES string of the molecule is Cc1cc(N2CCCN(C(=O)CN3CCOC3=O)CC2)c2ccccc2n1. The minimum Gasteiger partial charge on any atom is -0.448 e. The molecular weight excluding hydrogens is 344 g/mol. The highest BCUT2D eigenvalue weighted by Crippen LogP contribution is 2.27. The third-order valence-electron chi connectivity index (χ3n) is 5.18. The number of nitrogens with zero attached hydrogens (tertiary/aromatic N) is 4. The molecule has 1 aromatic heterocycles. The second kappa shape index (κ2) is 7.42. The van der Waals surface area contributed by atoms with Crippen molar-refractivity contribution >= 4 is 28.6 Å². The lowest BCUT2D eigenvalue weighted by molar-refractivity contribution is -0.131. The first-order valence-electron chi connectivity index (χ1n) is 9.42. The first-order chi connectivity index (χ1) is 13.1. The van der Waals surface area contributed by atoms with Crippen molar-refractivity contribution in [2.24, 2.45) is 0 Å². The number of hydrogen-bond donors (Lipinski definition) is 0. The molecule has 0 N–H and O–H groups in total. The third-order valence-corrected chi connectivity index (χ3v) is 5.18. The number of benzene rings is 1. The lowest BCUT2D eigenvalue weighted by Crippen LogP contribution is -2.42. The van der Waals surface area contributed by atoms with Gasteiger partial charge >= 0.3 is 6.09 Å². The fourth-order valence-corrected chi connectivity index (χ4v) is 3.79. The molecule has 0 atom stereocenters. The highest BCUT2D eigenvalue weighted by atomic mass is 16.6. The van der Waals surface area contributed by atoms with Gasteiger partial charge in [0.25, 0.3) is 0 Å². The third kappa shape index (κ3) is 3.67. The molecule has 2 saturated heterocycles. The number of anilines is 1. The van der Waals surface area contributed by atoms with Crippen LogP contribution in [0.4, 0.5) is 10.5 Å². The summed E-state index contributed by atoms with van der Waals surface area (Å²) in [5.74, 6) is -0.00790. The van der Waals surface area contributed by atoms with Gasteiger partial charge in [0.1, 0.15) is 13.2 Å². The van der Waals surface area contributed by atoms with Gasteiger partial charge in [0.05, 0.1) is 12.1 Å². The summed E-state index contributed by atoms with van der Waals surface area (Å²) >= 11 is 0. The van der Waals surface area contributed by atoms with E-state index in [-0.39, 0.29) is 12.5 Å². The lowest BCUT2D eigenvalue weighted by Gasteiger charge is -2.26. The van der Waals surface area contributed by atoms with E-state index in [0.717, 1.165) is 36.1 Å². The van der Waals surface area contributed by atoms with Gasteiger partial charge in [0, 0.05) is 42.9 Å². The smallest absolute Gasteiger partial charge is 0.410 e. The molecule has 1 aromatic carbocycles. The molecule has 142 valence electrons. The summed E-state index contributed by atoms with van der Waals surface area (Å²) in [6, 6.07) is 10.3. The molecule has 2 amide bonds. The Morgan fingerprint density at radius 3 is 2.81 bits per heavy atom. The van der Waals surface area contributed by atoms with Crippen molar-refractivity contribution in [3.8, 4) is 0 Å². The van der Waals surface area contributed by atoms with Crippen LogP contribution in [0.25, 0.3) is 10.9 Å². The van der Waals surface area contributed by atoms with Gasteiger partial charge in [-0.25, -0.2) is 4.79 Å². The van der Waals surface area contributed by atoms with Crippen LogP contribution >= 0.6 is 0 Å². The zero-order valence-corrected chi connectivity index (χ0v) is 15.6. The second-order valence-corrected chi connectivity index (χ2v) is 7.06. The molecule has 27 heavy (non-hydrogen) atoms. The van der Waals surface area contributed by atoms with Crippen molar-refractivity contribution in [2.75, 3.05) is 50.8 Å². The van der Waals surface area contributed by atoms with Crippen molar-refractivity contribution in [1.29, 1.82) is 0 Å². The molecule has 0 bridgehead atoms. The number of aromatic nitrogens is 1. The second-order valence-electron chi connectivity index (χ2n) is 7.06. The maximum atomic E-state index is 12.6. The van der Waals surface area contributed by atoms with Gasteiger partial charge < -0.3 is 14.5 Å². The van der Waals surface area contributed by atoms with E-state index < -0.39 is 6.09 Å². The number of pyridine rings is 1. The van der Waals surface area contributed by atoms with E-state index in [1.165, 1.54) is 10.6 Å².